The van der Waals surface area contributed by atoms with Crippen LogP contribution in [0.1, 0.15) is 25.3 Å². The van der Waals surface area contributed by atoms with Crippen LogP contribution in [0.15, 0.2) is 24.3 Å². The van der Waals surface area contributed by atoms with Gasteiger partial charge in [0.1, 0.15) is 5.82 Å². The summed E-state index contributed by atoms with van der Waals surface area (Å²) < 4.78 is 13.5. The lowest BCUT2D eigenvalue weighted by molar-refractivity contribution is 0.563. The molecule has 0 aromatic heterocycles. The molecule has 76 valence electrons. The van der Waals surface area contributed by atoms with Crippen molar-refractivity contribution in [2.75, 3.05) is 5.33 Å². The van der Waals surface area contributed by atoms with Crippen molar-refractivity contribution < 1.29 is 4.39 Å². The fourth-order valence-electron chi connectivity index (χ4n) is 2.38. The zero-order chi connectivity index (χ0) is 10.3. The average Bonchev–Trinajstić information content (AvgIpc) is 2.69. The molecule has 2 rings (SSSR count). The summed E-state index contributed by atoms with van der Waals surface area (Å²) in [5, 5.41) is 0.957. The Kier molecular flexibility index (Phi) is 2.42. The molecule has 1 aromatic carbocycles. The second-order valence-electron chi connectivity index (χ2n) is 4.58. The van der Waals surface area contributed by atoms with E-state index in [2.05, 4.69) is 29.8 Å². The first-order chi connectivity index (χ1) is 6.59. The molecule has 1 saturated carbocycles. The molecule has 2 atom stereocenters. The van der Waals surface area contributed by atoms with E-state index in [1.54, 1.807) is 12.1 Å². The van der Waals surface area contributed by atoms with Crippen molar-refractivity contribution in [1.82, 2.24) is 0 Å². The molecule has 0 radical (unpaired) electrons. The Labute approximate surface area is 92.6 Å². The number of hydrogen-bond donors (Lipinski definition) is 0. The van der Waals surface area contributed by atoms with Gasteiger partial charge in [0, 0.05) is 5.33 Å². The minimum atomic E-state index is -0.0611. The molecule has 1 aromatic rings. The summed E-state index contributed by atoms with van der Waals surface area (Å²) in [4.78, 5) is 0. The first-order valence-corrected chi connectivity index (χ1v) is 6.01. The van der Waals surface area contributed by atoms with Crippen LogP contribution in [0.4, 0.5) is 4.39 Å². The number of rotatable bonds is 2. The van der Waals surface area contributed by atoms with Crippen LogP contribution < -0.4 is 0 Å². The van der Waals surface area contributed by atoms with Crippen LogP contribution >= 0.6 is 15.9 Å². The summed E-state index contributed by atoms with van der Waals surface area (Å²) in [5.74, 6) is 0.886. The quantitative estimate of drug-likeness (QED) is 0.703. The Bertz CT molecular complexity index is 346. The van der Waals surface area contributed by atoms with E-state index >= 15 is 0 Å². The lowest BCUT2D eigenvalue weighted by atomic mass is 10.0. The standard InChI is InChI=1S/C12H14BrF/c1-12(2)9(7-13)11(12)8-5-3-4-6-10(8)14/h3-6,9,11H,7H2,1-2H3. The molecule has 0 N–H and O–H groups in total. The average molecular weight is 257 g/mol. The van der Waals surface area contributed by atoms with Gasteiger partial charge in [0.2, 0.25) is 0 Å². The number of alkyl halides is 1. The van der Waals surface area contributed by atoms with Gasteiger partial charge in [0.05, 0.1) is 0 Å². The highest BCUT2D eigenvalue weighted by Gasteiger charge is 2.57. The topological polar surface area (TPSA) is 0 Å². The Morgan fingerprint density at radius 2 is 2.00 bits per heavy atom. The second kappa shape index (κ2) is 3.34. The molecule has 2 unspecified atom stereocenters. The minimum absolute atomic E-state index is 0.0611. The summed E-state index contributed by atoms with van der Waals surface area (Å²) in [7, 11) is 0. The van der Waals surface area contributed by atoms with Gasteiger partial charge in [0.15, 0.2) is 0 Å². The van der Waals surface area contributed by atoms with Gasteiger partial charge in [-0.05, 0) is 28.9 Å². The van der Waals surface area contributed by atoms with Gasteiger partial charge in [-0.2, -0.15) is 0 Å². The maximum atomic E-state index is 13.5. The second-order valence-corrected chi connectivity index (χ2v) is 5.23. The van der Waals surface area contributed by atoms with Gasteiger partial charge in [0.25, 0.3) is 0 Å². The lowest BCUT2D eigenvalue weighted by Crippen LogP contribution is -1.92. The van der Waals surface area contributed by atoms with E-state index in [1.165, 1.54) is 0 Å². The smallest absolute Gasteiger partial charge is 0.126 e. The molecular formula is C12H14BrF. The first-order valence-electron chi connectivity index (χ1n) is 4.89. The van der Waals surface area contributed by atoms with Crippen LogP contribution in [0, 0.1) is 17.2 Å². The van der Waals surface area contributed by atoms with Gasteiger partial charge in [-0.3, -0.25) is 0 Å². The predicted octanol–water partition coefficient (Wildman–Crippen LogP) is 3.96. The summed E-state index contributed by atoms with van der Waals surface area (Å²) in [6.45, 7) is 4.41. The molecule has 0 bridgehead atoms. The molecule has 1 aliphatic carbocycles. The summed E-state index contributed by atoms with van der Waals surface area (Å²) in [6, 6.07) is 7.12. The fourth-order valence-corrected chi connectivity index (χ4v) is 3.59. The molecule has 0 amide bonds. The van der Waals surface area contributed by atoms with E-state index in [4.69, 9.17) is 0 Å². The van der Waals surface area contributed by atoms with Crippen LogP contribution in [-0.4, -0.2) is 5.33 Å². The number of halogens is 2. The van der Waals surface area contributed by atoms with E-state index in [0.29, 0.717) is 11.8 Å². The predicted molar refractivity (Wildman–Crippen MR) is 60.2 cm³/mol. The minimum Gasteiger partial charge on any atom is -0.207 e. The third-order valence-electron chi connectivity index (χ3n) is 3.46. The van der Waals surface area contributed by atoms with E-state index in [-0.39, 0.29) is 11.2 Å². The van der Waals surface area contributed by atoms with E-state index in [9.17, 15) is 4.39 Å². The highest BCUT2D eigenvalue weighted by molar-refractivity contribution is 9.09. The maximum absolute atomic E-state index is 13.5. The van der Waals surface area contributed by atoms with E-state index in [0.717, 1.165) is 10.9 Å². The first kappa shape index (κ1) is 10.2. The molecule has 0 saturated heterocycles. The maximum Gasteiger partial charge on any atom is 0.126 e. The SMILES string of the molecule is CC1(C)C(CBr)C1c1ccccc1F. The zero-order valence-corrected chi connectivity index (χ0v) is 10.0. The Morgan fingerprint density at radius 3 is 2.50 bits per heavy atom. The van der Waals surface area contributed by atoms with Crippen LogP contribution in [0.25, 0.3) is 0 Å². The van der Waals surface area contributed by atoms with Crippen molar-refractivity contribution in [3.63, 3.8) is 0 Å². The Hall–Kier alpha value is -0.370. The van der Waals surface area contributed by atoms with E-state index in [1.807, 2.05) is 12.1 Å². The van der Waals surface area contributed by atoms with Crippen LogP contribution in [0.3, 0.4) is 0 Å². The van der Waals surface area contributed by atoms with Gasteiger partial charge in [-0.15, -0.1) is 0 Å². The molecule has 2 heteroatoms. The van der Waals surface area contributed by atoms with Gasteiger partial charge >= 0.3 is 0 Å². The number of benzene rings is 1. The van der Waals surface area contributed by atoms with Crippen LogP contribution in [-0.2, 0) is 0 Å². The summed E-state index contributed by atoms with van der Waals surface area (Å²) >= 11 is 3.49. The summed E-state index contributed by atoms with van der Waals surface area (Å²) in [5.41, 5.74) is 1.12. The summed E-state index contributed by atoms with van der Waals surface area (Å²) in [6.07, 6.45) is 0. The molecule has 14 heavy (non-hydrogen) atoms. The van der Waals surface area contributed by atoms with Crippen molar-refractivity contribution in [3.05, 3.63) is 35.6 Å². The zero-order valence-electron chi connectivity index (χ0n) is 8.43. The molecule has 1 fully saturated rings. The van der Waals surface area contributed by atoms with Crippen molar-refractivity contribution in [2.24, 2.45) is 11.3 Å². The molecule has 0 aliphatic heterocycles. The number of hydrogen-bond acceptors (Lipinski definition) is 0. The van der Waals surface area contributed by atoms with Crippen LogP contribution in [0.2, 0.25) is 0 Å². The molecule has 0 spiro atoms. The van der Waals surface area contributed by atoms with Crippen molar-refractivity contribution in [2.45, 2.75) is 19.8 Å². The third kappa shape index (κ3) is 1.40. The van der Waals surface area contributed by atoms with Gasteiger partial charge < -0.3 is 0 Å². The highest BCUT2D eigenvalue weighted by atomic mass is 79.9. The lowest BCUT2D eigenvalue weighted by Gasteiger charge is -2.03. The van der Waals surface area contributed by atoms with Gasteiger partial charge in [-0.1, -0.05) is 48.0 Å². The van der Waals surface area contributed by atoms with Crippen molar-refractivity contribution >= 4 is 15.9 Å². The van der Waals surface area contributed by atoms with Crippen molar-refractivity contribution in [3.8, 4) is 0 Å². The third-order valence-corrected chi connectivity index (χ3v) is 4.15. The Morgan fingerprint density at radius 1 is 1.36 bits per heavy atom. The van der Waals surface area contributed by atoms with E-state index < -0.39 is 0 Å². The van der Waals surface area contributed by atoms with Gasteiger partial charge in [-0.25, -0.2) is 4.39 Å². The fraction of sp³-hybridized carbons (Fsp3) is 0.500. The van der Waals surface area contributed by atoms with Crippen LogP contribution in [0.5, 0.6) is 0 Å². The van der Waals surface area contributed by atoms with Crippen molar-refractivity contribution in [1.29, 1.82) is 0 Å². The molecule has 0 nitrogen and oxygen atoms in total. The molecule has 0 heterocycles. The molecule has 1 aliphatic rings. The Balaban J connectivity index is 2.31. The highest BCUT2D eigenvalue weighted by Crippen LogP contribution is 2.65. The normalized spacial score (nSPS) is 28.9. The monoisotopic (exact) mass is 256 g/mol. The largest absolute Gasteiger partial charge is 0.207 e. The molecular weight excluding hydrogens is 243 g/mol.